The van der Waals surface area contributed by atoms with E-state index in [9.17, 15) is 19.8 Å². The predicted octanol–water partition coefficient (Wildman–Crippen LogP) is 2.22. The first-order chi connectivity index (χ1) is 10.9. The standard InChI is InChI=1S/C17H20O6/c1-11(9-13-3-2-4-16(20)23-13)22-17(21)8-6-12-5-7-14(18)15(19)10-12/h2,4-5,7,10-11,13,18-19H,3,6,8-9H2,1H3/t11-,13+/m1/s1. The number of aryl methyl sites for hydroxylation is 1. The lowest BCUT2D eigenvalue weighted by atomic mass is 10.1. The van der Waals surface area contributed by atoms with Crippen molar-refractivity contribution in [3.8, 4) is 11.5 Å². The molecule has 6 heteroatoms. The molecule has 1 heterocycles. The van der Waals surface area contributed by atoms with Gasteiger partial charge in [0.2, 0.25) is 0 Å². The van der Waals surface area contributed by atoms with Crippen LogP contribution < -0.4 is 0 Å². The van der Waals surface area contributed by atoms with Crippen molar-refractivity contribution in [1.82, 2.24) is 0 Å². The Morgan fingerprint density at radius 2 is 2.17 bits per heavy atom. The molecule has 6 nitrogen and oxygen atoms in total. The Bertz CT molecular complexity index is 607. The summed E-state index contributed by atoms with van der Waals surface area (Å²) in [6.07, 6.45) is 4.19. The van der Waals surface area contributed by atoms with Crippen molar-refractivity contribution in [2.75, 3.05) is 0 Å². The smallest absolute Gasteiger partial charge is 0.330 e. The number of benzene rings is 1. The fourth-order valence-electron chi connectivity index (χ4n) is 2.38. The molecule has 2 rings (SSSR count). The van der Waals surface area contributed by atoms with E-state index in [0.717, 1.165) is 5.56 Å². The Kier molecular flexibility index (Phi) is 5.62. The van der Waals surface area contributed by atoms with Crippen LogP contribution in [0, 0.1) is 0 Å². The molecule has 0 unspecified atom stereocenters. The topological polar surface area (TPSA) is 93.1 Å². The lowest BCUT2D eigenvalue weighted by molar-refractivity contribution is -0.152. The third kappa shape index (κ3) is 5.32. The lowest BCUT2D eigenvalue weighted by Crippen LogP contribution is -2.26. The number of hydrogen-bond donors (Lipinski definition) is 2. The maximum Gasteiger partial charge on any atom is 0.330 e. The van der Waals surface area contributed by atoms with E-state index in [-0.39, 0.29) is 42.1 Å². The summed E-state index contributed by atoms with van der Waals surface area (Å²) < 4.78 is 10.4. The Morgan fingerprint density at radius 3 is 2.87 bits per heavy atom. The summed E-state index contributed by atoms with van der Waals surface area (Å²) >= 11 is 0. The number of aromatic hydroxyl groups is 2. The van der Waals surface area contributed by atoms with Gasteiger partial charge in [0, 0.05) is 25.3 Å². The molecule has 2 atom stereocenters. The van der Waals surface area contributed by atoms with Crippen molar-refractivity contribution >= 4 is 11.9 Å². The molecule has 124 valence electrons. The monoisotopic (exact) mass is 320 g/mol. The van der Waals surface area contributed by atoms with Gasteiger partial charge in [-0.2, -0.15) is 0 Å². The van der Waals surface area contributed by atoms with Gasteiger partial charge in [-0.25, -0.2) is 4.79 Å². The van der Waals surface area contributed by atoms with Gasteiger partial charge in [-0.15, -0.1) is 0 Å². The van der Waals surface area contributed by atoms with E-state index >= 15 is 0 Å². The molecule has 1 aromatic rings. The molecule has 0 saturated heterocycles. The Hall–Kier alpha value is -2.50. The fraction of sp³-hybridized carbons (Fsp3) is 0.412. The Morgan fingerprint density at radius 1 is 1.39 bits per heavy atom. The van der Waals surface area contributed by atoms with Crippen LogP contribution in [0.15, 0.2) is 30.4 Å². The summed E-state index contributed by atoms with van der Waals surface area (Å²) in [6, 6.07) is 4.43. The zero-order valence-electron chi connectivity index (χ0n) is 12.9. The minimum Gasteiger partial charge on any atom is -0.504 e. The maximum absolute atomic E-state index is 11.8. The van der Waals surface area contributed by atoms with E-state index < -0.39 is 0 Å². The highest BCUT2D eigenvalue weighted by atomic mass is 16.6. The number of carbonyl (C=O) groups is 2. The molecule has 23 heavy (non-hydrogen) atoms. The fourth-order valence-corrected chi connectivity index (χ4v) is 2.38. The molecule has 1 aromatic carbocycles. The van der Waals surface area contributed by atoms with Crippen LogP contribution in [0.1, 0.15) is 31.7 Å². The molecule has 2 N–H and O–H groups in total. The van der Waals surface area contributed by atoms with Gasteiger partial charge >= 0.3 is 11.9 Å². The first kappa shape index (κ1) is 16.9. The summed E-state index contributed by atoms with van der Waals surface area (Å²) in [6.45, 7) is 1.76. The van der Waals surface area contributed by atoms with Crippen LogP contribution >= 0.6 is 0 Å². The number of ether oxygens (including phenoxy) is 2. The zero-order valence-corrected chi connectivity index (χ0v) is 12.9. The van der Waals surface area contributed by atoms with Gasteiger partial charge < -0.3 is 19.7 Å². The summed E-state index contributed by atoms with van der Waals surface area (Å²) in [5.74, 6) is -1.13. The molecule has 0 fully saturated rings. The van der Waals surface area contributed by atoms with Crippen LogP contribution in [0.25, 0.3) is 0 Å². The molecule has 0 bridgehead atoms. The molecule has 0 aliphatic carbocycles. The van der Waals surface area contributed by atoms with E-state index in [0.29, 0.717) is 19.3 Å². The highest BCUT2D eigenvalue weighted by molar-refractivity contribution is 5.82. The van der Waals surface area contributed by atoms with Gasteiger partial charge in [0.1, 0.15) is 12.2 Å². The summed E-state index contributed by atoms with van der Waals surface area (Å²) in [5, 5.41) is 18.6. The quantitative estimate of drug-likeness (QED) is 0.617. The van der Waals surface area contributed by atoms with Gasteiger partial charge in [0.15, 0.2) is 11.5 Å². The minimum atomic E-state index is -0.369. The largest absolute Gasteiger partial charge is 0.504 e. The van der Waals surface area contributed by atoms with Crippen LogP contribution in [-0.4, -0.2) is 34.4 Å². The normalized spacial score (nSPS) is 18.3. The summed E-state index contributed by atoms with van der Waals surface area (Å²) in [5.41, 5.74) is 0.733. The zero-order chi connectivity index (χ0) is 16.8. The second-order valence-electron chi connectivity index (χ2n) is 5.56. The molecule has 0 aromatic heterocycles. The van der Waals surface area contributed by atoms with Crippen LogP contribution in [0.5, 0.6) is 11.5 Å². The molecule has 1 aliphatic rings. The maximum atomic E-state index is 11.8. The number of cyclic esters (lactones) is 1. The van der Waals surface area contributed by atoms with E-state index in [4.69, 9.17) is 9.47 Å². The van der Waals surface area contributed by atoms with Crippen molar-refractivity contribution in [3.63, 3.8) is 0 Å². The Labute approximate surface area is 134 Å². The van der Waals surface area contributed by atoms with Gasteiger partial charge in [-0.05, 0) is 31.0 Å². The van der Waals surface area contributed by atoms with Gasteiger partial charge in [-0.1, -0.05) is 12.1 Å². The van der Waals surface area contributed by atoms with Gasteiger partial charge in [0.05, 0.1) is 0 Å². The van der Waals surface area contributed by atoms with Crippen LogP contribution in [0.4, 0.5) is 0 Å². The van der Waals surface area contributed by atoms with Crippen molar-refractivity contribution in [2.45, 2.75) is 44.8 Å². The summed E-state index contributed by atoms with van der Waals surface area (Å²) in [7, 11) is 0. The number of esters is 2. The van der Waals surface area contributed by atoms with E-state index in [1.807, 2.05) is 0 Å². The molecule has 0 radical (unpaired) electrons. The van der Waals surface area contributed by atoms with Gasteiger partial charge in [-0.3, -0.25) is 4.79 Å². The molecule has 1 aliphatic heterocycles. The highest BCUT2D eigenvalue weighted by Gasteiger charge is 2.20. The van der Waals surface area contributed by atoms with E-state index in [2.05, 4.69) is 0 Å². The van der Waals surface area contributed by atoms with Crippen molar-refractivity contribution < 1.29 is 29.3 Å². The number of phenolic OH excluding ortho intramolecular Hbond substituents is 2. The Balaban J connectivity index is 1.74. The van der Waals surface area contributed by atoms with Gasteiger partial charge in [0.25, 0.3) is 0 Å². The first-order valence-corrected chi connectivity index (χ1v) is 7.51. The average molecular weight is 320 g/mol. The average Bonchev–Trinajstić information content (AvgIpc) is 2.48. The third-order valence-electron chi connectivity index (χ3n) is 3.52. The molecular weight excluding hydrogens is 300 g/mol. The van der Waals surface area contributed by atoms with E-state index in [1.165, 1.54) is 18.2 Å². The van der Waals surface area contributed by atoms with E-state index in [1.54, 1.807) is 19.1 Å². The second-order valence-corrected chi connectivity index (χ2v) is 5.56. The number of rotatable bonds is 6. The molecular formula is C17H20O6. The molecule has 0 saturated carbocycles. The van der Waals surface area contributed by atoms with Crippen molar-refractivity contribution in [2.24, 2.45) is 0 Å². The predicted molar refractivity (Wildman–Crippen MR) is 81.9 cm³/mol. The number of carbonyl (C=O) groups excluding carboxylic acids is 2. The van der Waals surface area contributed by atoms with Crippen LogP contribution in [-0.2, 0) is 25.5 Å². The van der Waals surface area contributed by atoms with Crippen LogP contribution in [0.2, 0.25) is 0 Å². The summed E-state index contributed by atoms with van der Waals surface area (Å²) in [4.78, 5) is 23.0. The lowest BCUT2D eigenvalue weighted by Gasteiger charge is -2.22. The highest BCUT2D eigenvalue weighted by Crippen LogP contribution is 2.25. The molecule has 0 amide bonds. The second kappa shape index (κ2) is 7.67. The first-order valence-electron chi connectivity index (χ1n) is 7.51. The van der Waals surface area contributed by atoms with Crippen LogP contribution in [0.3, 0.4) is 0 Å². The van der Waals surface area contributed by atoms with Crippen molar-refractivity contribution in [1.29, 1.82) is 0 Å². The van der Waals surface area contributed by atoms with Crippen molar-refractivity contribution in [3.05, 3.63) is 35.9 Å². The minimum absolute atomic E-state index is 0.166. The number of phenols is 2. The third-order valence-corrected chi connectivity index (χ3v) is 3.52. The number of hydrogen-bond acceptors (Lipinski definition) is 6. The SMILES string of the molecule is C[C@H](C[C@@H]1CC=CC(=O)O1)OC(=O)CCc1ccc(O)c(O)c1. The molecule has 0 spiro atoms.